The van der Waals surface area contributed by atoms with Crippen molar-refractivity contribution in [3.63, 3.8) is 0 Å². The Morgan fingerprint density at radius 2 is 2.29 bits per heavy atom. The zero-order valence-corrected chi connectivity index (χ0v) is 8.46. The number of alkyl halides is 3. The summed E-state index contributed by atoms with van der Waals surface area (Å²) < 4.78 is 24.4. The SMILES string of the molecule is O=C(O)c1ncc(C(F)F)cc1CBr. The summed E-state index contributed by atoms with van der Waals surface area (Å²) in [4.78, 5) is 14.1. The molecule has 0 spiro atoms. The van der Waals surface area contributed by atoms with E-state index in [2.05, 4.69) is 20.9 Å². The molecule has 0 atom stereocenters. The van der Waals surface area contributed by atoms with E-state index in [-0.39, 0.29) is 22.2 Å². The van der Waals surface area contributed by atoms with E-state index in [1.54, 1.807) is 0 Å². The quantitative estimate of drug-likeness (QED) is 0.855. The number of halogens is 3. The average molecular weight is 266 g/mol. The maximum atomic E-state index is 12.2. The summed E-state index contributed by atoms with van der Waals surface area (Å²) in [5.74, 6) is -1.22. The predicted molar refractivity (Wildman–Crippen MR) is 48.8 cm³/mol. The second-order valence-electron chi connectivity index (χ2n) is 2.52. The van der Waals surface area contributed by atoms with Crippen LogP contribution >= 0.6 is 15.9 Å². The average Bonchev–Trinajstić information content (AvgIpc) is 2.16. The minimum absolute atomic E-state index is 0.183. The molecule has 14 heavy (non-hydrogen) atoms. The number of hydrogen-bond donors (Lipinski definition) is 1. The van der Waals surface area contributed by atoms with Gasteiger partial charge in [-0.05, 0) is 11.6 Å². The van der Waals surface area contributed by atoms with E-state index in [9.17, 15) is 13.6 Å². The van der Waals surface area contributed by atoms with Crippen molar-refractivity contribution in [3.05, 3.63) is 29.1 Å². The van der Waals surface area contributed by atoms with Gasteiger partial charge in [0, 0.05) is 17.1 Å². The van der Waals surface area contributed by atoms with Crippen LogP contribution in [0.1, 0.15) is 28.0 Å². The van der Waals surface area contributed by atoms with Crippen LogP contribution in [0.25, 0.3) is 0 Å². The van der Waals surface area contributed by atoms with Crippen LogP contribution in [-0.2, 0) is 5.33 Å². The maximum absolute atomic E-state index is 12.2. The molecular weight excluding hydrogens is 260 g/mol. The monoisotopic (exact) mass is 265 g/mol. The molecule has 0 aliphatic heterocycles. The van der Waals surface area contributed by atoms with Crippen LogP contribution in [0.4, 0.5) is 8.78 Å². The topological polar surface area (TPSA) is 50.2 Å². The summed E-state index contributed by atoms with van der Waals surface area (Å²) in [5.41, 5.74) is -0.231. The number of aromatic carboxylic acids is 1. The van der Waals surface area contributed by atoms with Gasteiger partial charge >= 0.3 is 5.97 Å². The lowest BCUT2D eigenvalue weighted by atomic mass is 10.1. The lowest BCUT2D eigenvalue weighted by Gasteiger charge is -2.04. The van der Waals surface area contributed by atoms with Crippen LogP contribution in [0, 0.1) is 0 Å². The van der Waals surface area contributed by atoms with Gasteiger partial charge in [0.2, 0.25) is 0 Å². The van der Waals surface area contributed by atoms with Crippen molar-refractivity contribution in [1.82, 2.24) is 4.98 Å². The standard InChI is InChI=1S/C8H6BrF2NO2/c9-2-4-1-5(7(10)11)3-12-6(4)8(13)14/h1,3,7H,2H2,(H,13,14). The molecule has 0 saturated heterocycles. The second kappa shape index (κ2) is 4.45. The van der Waals surface area contributed by atoms with Crippen molar-refractivity contribution in [3.8, 4) is 0 Å². The van der Waals surface area contributed by atoms with Crippen LogP contribution in [0.2, 0.25) is 0 Å². The van der Waals surface area contributed by atoms with Crippen LogP contribution in [0.15, 0.2) is 12.3 Å². The molecule has 1 rings (SSSR count). The Bertz CT molecular complexity index is 357. The number of hydrogen-bond acceptors (Lipinski definition) is 2. The van der Waals surface area contributed by atoms with Crippen LogP contribution in [0.3, 0.4) is 0 Å². The summed E-state index contributed by atoms with van der Waals surface area (Å²) in [5, 5.41) is 8.84. The molecule has 0 aliphatic rings. The molecule has 1 heterocycles. The van der Waals surface area contributed by atoms with Crippen LogP contribution in [0.5, 0.6) is 0 Å². The van der Waals surface area contributed by atoms with Crippen molar-refractivity contribution in [2.75, 3.05) is 0 Å². The Hall–Kier alpha value is -1.04. The Balaban J connectivity index is 3.18. The summed E-state index contributed by atoms with van der Waals surface area (Å²) in [7, 11) is 0. The third kappa shape index (κ3) is 2.25. The van der Waals surface area contributed by atoms with Crippen LogP contribution < -0.4 is 0 Å². The number of aromatic nitrogens is 1. The minimum atomic E-state index is -2.64. The fourth-order valence-electron chi connectivity index (χ4n) is 0.943. The van der Waals surface area contributed by atoms with Crippen molar-refractivity contribution in [1.29, 1.82) is 0 Å². The number of rotatable bonds is 3. The molecule has 0 fully saturated rings. The highest BCUT2D eigenvalue weighted by molar-refractivity contribution is 9.08. The van der Waals surface area contributed by atoms with E-state index < -0.39 is 12.4 Å². The Morgan fingerprint density at radius 3 is 2.71 bits per heavy atom. The molecule has 6 heteroatoms. The summed E-state index contributed by atoms with van der Waals surface area (Å²) in [6.07, 6.45) is -1.76. The van der Waals surface area contributed by atoms with Gasteiger partial charge in [0.15, 0.2) is 5.69 Å². The van der Waals surface area contributed by atoms with Gasteiger partial charge in [0.05, 0.1) is 0 Å². The molecule has 0 aromatic carbocycles. The molecule has 1 aromatic heterocycles. The van der Waals surface area contributed by atoms with Crippen molar-refractivity contribution >= 4 is 21.9 Å². The molecule has 76 valence electrons. The van der Waals surface area contributed by atoms with Gasteiger partial charge in [-0.1, -0.05) is 15.9 Å². The van der Waals surface area contributed by atoms with Gasteiger partial charge in [-0.3, -0.25) is 0 Å². The van der Waals surface area contributed by atoms with Gasteiger partial charge in [-0.2, -0.15) is 0 Å². The fraction of sp³-hybridized carbons (Fsp3) is 0.250. The van der Waals surface area contributed by atoms with E-state index in [1.807, 2.05) is 0 Å². The largest absolute Gasteiger partial charge is 0.477 e. The van der Waals surface area contributed by atoms with Gasteiger partial charge in [0.1, 0.15) is 0 Å². The zero-order chi connectivity index (χ0) is 10.7. The first-order valence-electron chi connectivity index (χ1n) is 3.62. The smallest absolute Gasteiger partial charge is 0.354 e. The highest BCUT2D eigenvalue weighted by Crippen LogP contribution is 2.21. The molecule has 3 nitrogen and oxygen atoms in total. The van der Waals surface area contributed by atoms with E-state index in [0.29, 0.717) is 0 Å². The van der Waals surface area contributed by atoms with Gasteiger partial charge < -0.3 is 5.11 Å². The first-order chi connectivity index (χ1) is 6.56. The van der Waals surface area contributed by atoms with Gasteiger partial charge in [-0.25, -0.2) is 18.6 Å². The van der Waals surface area contributed by atoms with E-state index in [0.717, 1.165) is 12.3 Å². The van der Waals surface area contributed by atoms with Gasteiger partial charge in [-0.15, -0.1) is 0 Å². The number of carboxylic acids is 1. The maximum Gasteiger partial charge on any atom is 0.354 e. The Kier molecular flexibility index (Phi) is 3.51. The third-order valence-corrected chi connectivity index (χ3v) is 2.19. The van der Waals surface area contributed by atoms with Crippen molar-refractivity contribution in [2.45, 2.75) is 11.8 Å². The summed E-state index contributed by atoms with van der Waals surface area (Å²) >= 11 is 3.01. The highest BCUT2D eigenvalue weighted by Gasteiger charge is 2.15. The summed E-state index contributed by atoms with van der Waals surface area (Å²) in [6, 6.07) is 1.13. The minimum Gasteiger partial charge on any atom is -0.477 e. The van der Waals surface area contributed by atoms with Crippen LogP contribution in [-0.4, -0.2) is 16.1 Å². The lowest BCUT2D eigenvalue weighted by molar-refractivity contribution is 0.0689. The molecule has 0 bridgehead atoms. The predicted octanol–water partition coefficient (Wildman–Crippen LogP) is 2.61. The van der Waals surface area contributed by atoms with Crippen molar-refractivity contribution in [2.24, 2.45) is 0 Å². The second-order valence-corrected chi connectivity index (χ2v) is 3.08. The first-order valence-corrected chi connectivity index (χ1v) is 4.74. The molecular formula is C8H6BrF2NO2. The fourth-order valence-corrected chi connectivity index (χ4v) is 1.37. The van der Waals surface area contributed by atoms with E-state index >= 15 is 0 Å². The highest BCUT2D eigenvalue weighted by atomic mass is 79.9. The van der Waals surface area contributed by atoms with E-state index in [4.69, 9.17) is 5.11 Å². The normalized spacial score (nSPS) is 10.6. The first kappa shape index (κ1) is 11.0. The van der Waals surface area contributed by atoms with E-state index in [1.165, 1.54) is 0 Å². The molecule has 0 saturated carbocycles. The molecule has 0 radical (unpaired) electrons. The molecule has 1 N–H and O–H groups in total. The third-order valence-electron chi connectivity index (χ3n) is 1.59. The number of carboxylic acid groups (broad SMARTS) is 1. The summed E-state index contributed by atoms with van der Waals surface area (Å²) in [6.45, 7) is 0. The number of carbonyl (C=O) groups is 1. The van der Waals surface area contributed by atoms with Crippen molar-refractivity contribution < 1.29 is 18.7 Å². The molecule has 0 unspecified atom stereocenters. The molecule has 1 aromatic rings. The number of nitrogens with zero attached hydrogens (tertiary/aromatic N) is 1. The molecule has 0 amide bonds. The Morgan fingerprint density at radius 1 is 1.64 bits per heavy atom. The molecule has 0 aliphatic carbocycles. The van der Waals surface area contributed by atoms with Gasteiger partial charge in [0.25, 0.3) is 6.43 Å². The zero-order valence-electron chi connectivity index (χ0n) is 6.88. The number of pyridine rings is 1. The lowest BCUT2D eigenvalue weighted by Crippen LogP contribution is -2.05. The Labute approximate surface area is 86.9 Å².